The van der Waals surface area contributed by atoms with Gasteiger partial charge in [0.2, 0.25) is 0 Å². The summed E-state index contributed by atoms with van der Waals surface area (Å²) in [6, 6.07) is 0. The molecule has 0 nitrogen and oxygen atoms in total. The van der Waals surface area contributed by atoms with E-state index in [4.69, 9.17) is 0 Å². The van der Waals surface area contributed by atoms with E-state index >= 15 is 0 Å². The average Bonchev–Trinajstić information content (AvgIpc) is 0.811. The summed E-state index contributed by atoms with van der Waals surface area (Å²) in [6.07, 6.45) is 0. The summed E-state index contributed by atoms with van der Waals surface area (Å²) in [4.78, 5) is 0. The fourth-order valence-electron chi connectivity index (χ4n) is 0. The van der Waals surface area contributed by atoms with Crippen molar-refractivity contribution in [2.75, 3.05) is 20.0 Å². The van der Waals surface area contributed by atoms with Crippen molar-refractivity contribution in [3.63, 3.8) is 0 Å². The Balaban J connectivity index is 0. The van der Waals surface area contributed by atoms with Crippen molar-refractivity contribution in [1.29, 1.82) is 0 Å². The molecule has 0 radical (unpaired) electrons. The first kappa shape index (κ1) is 9.45. The van der Waals surface area contributed by atoms with Crippen LogP contribution in [-0.4, -0.2) is 20.0 Å². The summed E-state index contributed by atoms with van der Waals surface area (Å²) in [5, 5.41) is 0. The Hall–Kier alpha value is 1.12. The molecule has 2 heteroatoms. The molecule has 0 aromatic heterocycles. The molecule has 0 aromatic rings. The maximum absolute atomic E-state index is 2.23. The van der Waals surface area contributed by atoms with Gasteiger partial charge in [0.15, 0.2) is 0 Å². The van der Waals surface area contributed by atoms with E-state index in [0.29, 0.717) is 7.92 Å². The molecule has 0 saturated carbocycles. The standard InChI is InChI=1S/C3H9P.W/c1-4(2)3;/h1-3H3;. The summed E-state index contributed by atoms with van der Waals surface area (Å²) in [6.45, 7) is 6.69. The van der Waals surface area contributed by atoms with Crippen LogP contribution in [0.5, 0.6) is 0 Å². The molecular weight excluding hydrogens is 251 g/mol. The Morgan fingerprint density at radius 1 is 1.00 bits per heavy atom. The van der Waals surface area contributed by atoms with Crippen LogP contribution in [0.15, 0.2) is 0 Å². The van der Waals surface area contributed by atoms with Crippen molar-refractivity contribution in [2.24, 2.45) is 0 Å². The molecule has 0 amide bonds. The van der Waals surface area contributed by atoms with E-state index in [9.17, 15) is 0 Å². The van der Waals surface area contributed by atoms with Crippen LogP contribution in [0.25, 0.3) is 0 Å². The third-order valence-corrected chi connectivity index (χ3v) is 0. The first-order valence-electron chi connectivity index (χ1n) is 1.34. The molecule has 0 rings (SSSR count). The van der Waals surface area contributed by atoms with Gasteiger partial charge < -0.3 is 0 Å². The largest absolute Gasteiger partial charge is 0.116 e. The molecule has 0 bridgehead atoms. The van der Waals surface area contributed by atoms with E-state index in [-0.39, 0.29) is 21.1 Å². The molecule has 0 spiro atoms. The molecule has 0 aliphatic heterocycles. The van der Waals surface area contributed by atoms with Crippen molar-refractivity contribution >= 4 is 7.92 Å². The SMILES string of the molecule is CP(C)C.[W]. The molecule has 0 aromatic carbocycles. The van der Waals surface area contributed by atoms with Crippen molar-refractivity contribution in [2.45, 2.75) is 0 Å². The summed E-state index contributed by atoms with van der Waals surface area (Å²) in [5.41, 5.74) is 0. The second kappa shape index (κ2) is 5.12. The van der Waals surface area contributed by atoms with Gasteiger partial charge in [0.05, 0.1) is 0 Å². The van der Waals surface area contributed by atoms with Crippen LogP contribution in [0, 0.1) is 0 Å². The van der Waals surface area contributed by atoms with Gasteiger partial charge in [-0.05, 0) is 20.0 Å². The van der Waals surface area contributed by atoms with Crippen molar-refractivity contribution < 1.29 is 21.1 Å². The Bertz CT molecular complexity index is 11.6. The van der Waals surface area contributed by atoms with E-state index in [1.54, 1.807) is 0 Å². The topological polar surface area (TPSA) is 0 Å². The van der Waals surface area contributed by atoms with Gasteiger partial charge in [-0.3, -0.25) is 0 Å². The van der Waals surface area contributed by atoms with E-state index in [2.05, 4.69) is 20.0 Å². The van der Waals surface area contributed by atoms with E-state index < -0.39 is 0 Å². The minimum atomic E-state index is 0. The predicted molar refractivity (Wildman–Crippen MR) is 24.7 cm³/mol. The van der Waals surface area contributed by atoms with Crippen LogP contribution in [-0.2, 0) is 21.1 Å². The van der Waals surface area contributed by atoms with Crippen LogP contribution in [0.3, 0.4) is 0 Å². The molecule has 0 saturated heterocycles. The normalized spacial score (nSPS) is 7.20. The molecular formula is C3H9PW. The quantitative estimate of drug-likeness (QED) is 0.577. The maximum Gasteiger partial charge on any atom is 0 e. The second-order valence-corrected chi connectivity index (χ2v) is 4.02. The zero-order valence-electron chi connectivity index (χ0n) is 3.86. The van der Waals surface area contributed by atoms with Gasteiger partial charge in [-0.25, -0.2) is 0 Å². The van der Waals surface area contributed by atoms with E-state index in [1.807, 2.05) is 0 Å². The van der Waals surface area contributed by atoms with E-state index in [0.717, 1.165) is 0 Å². The maximum atomic E-state index is 2.23. The van der Waals surface area contributed by atoms with Gasteiger partial charge in [0.1, 0.15) is 0 Å². The van der Waals surface area contributed by atoms with Gasteiger partial charge in [0, 0.05) is 21.1 Å². The number of hydrogen-bond donors (Lipinski definition) is 0. The number of rotatable bonds is 0. The predicted octanol–water partition coefficient (Wildman–Crippen LogP) is 1.36. The molecule has 0 aliphatic carbocycles. The Labute approximate surface area is 49.4 Å². The Morgan fingerprint density at radius 3 is 1.00 bits per heavy atom. The molecule has 0 heterocycles. The van der Waals surface area contributed by atoms with Gasteiger partial charge in [0.25, 0.3) is 0 Å². The smallest absolute Gasteiger partial charge is 0 e. The van der Waals surface area contributed by atoms with Gasteiger partial charge in [-0.1, -0.05) is 0 Å². The summed E-state index contributed by atoms with van der Waals surface area (Å²) in [5.74, 6) is 0. The first-order valence-corrected chi connectivity index (χ1v) is 4.02. The summed E-state index contributed by atoms with van der Waals surface area (Å²) >= 11 is 0. The van der Waals surface area contributed by atoms with Gasteiger partial charge in [-0.2, -0.15) is 0 Å². The first-order chi connectivity index (χ1) is 1.73. The van der Waals surface area contributed by atoms with Crippen LogP contribution in [0.1, 0.15) is 0 Å². The summed E-state index contributed by atoms with van der Waals surface area (Å²) < 4.78 is 0. The molecule has 0 unspecified atom stereocenters. The molecule has 0 aliphatic rings. The van der Waals surface area contributed by atoms with Gasteiger partial charge in [-0.15, -0.1) is 7.92 Å². The molecule has 5 heavy (non-hydrogen) atoms. The van der Waals surface area contributed by atoms with Crippen LogP contribution in [0.4, 0.5) is 0 Å². The van der Waals surface area contributed by atoms with Crippen molar-refractivity contribution in [3.05, 3.63) is 0 Å². The fourth-order valence-corrected chi connectivity index (χ4v) is 0. The van der Waals surface area contributed by atoms with Gasteiger partial charge >= 0.3 is 0 Å². The monoisotopic (exact) mass is 260 g/mol. The molecule has 0 fully saturated rings. The fraction of sp³-hybridized carbons (Fsp3) is 1.00. The zero-order valence-corrected chi connectivity index (χ0v) is 7.68. The van der Waals surface area contributed by atoms with E-state index in [1.165, 1.54) is 0 Å². The third-order valence-electron chi connectivity index (χ3n) is 0. The second-order valence-electron chi connectivity index (χ2n) is 1.34. The summed E-state index contributed by atoms with van der Waals surface area (Å²) in [7, 11) is 0.380. The minimum absolute atomic E-state index is 0. The minimum Gasteiger partial charge on any atom is -0.116 e. The Morgan fingerprint density at radius 2 is 1.00 bits per heavy atom. The Kier molecular flexibility index (Phi) is 9.67. The van der Waals surface area contributed by atoms with Crippen LogP contribution >= 0.6 is 7.92 Å². The third kappa shape index (κ3) is 39.8. The van der Waals surface area contributed by atoms with Crippen molar-refractivity contribution in [1.82, 2.24) is 0 Å². The molecule has 0 N–H and O–H groups in total. The van der Waals surface area contributed by atoms with Crippen LogP contribution < -0.4 is 0 Å². The zero-order chi connectivity index (χ0) is 3.58. The average molecular weight is 260 g/mol. The van der Waals surface area contributed by atoms with Crippen molar-refractivity contribution in [3.8, 4) is 0 Å². The number of hydrogen-bond acceptors (Lipinski definition) is 0. The van der Waals surface area contributed by atoms with Crippen LogP contribution in [0.2, 0.25) is 0 Å². The molecule has 0 atom stereocenters. The molecule has 32 valence electrons.